The molecule has 98 valence electrons. The van der Waals surface area contributed by atoms with E-state index in [0.717, 1.165) is 11.3 Å². The highest BCUT2D eigenvalue weighted by atomic mass is 16.6. The summed E-state index contributed by atoms with van der Waals surface area (Å²) in [6, 6.07) is 5.56. The van der Waals surface area contributed by atoms with Crippen LogP contribution in [0.2, 0.25) is 0 Å². The Labute approximate surface area is 106 Å². The Morgan fingerprint density at radius 3 is 2.89 bits per heavy atom. The number of nitrogens with one attached hydrogen (secondary N) is 1. The Hall–Kier alpha value is -1.75. The summed E-state index contributed by atoms with van der Waals surface area (Å²) >= 11 is 0. The van der Waals surface area contributed by atoms with Gasteiger partial charge in [0.05, 0.1) is 6.42 Å². The summed E-state index contributed by atoms with van der Waals surface area (Å²) in [4.78, 5) is 11.3. The Kier molecular flexibility index (Phi) is 4.41. The van der Waals surface area contributed by atoms with Gasteiger partial charge in [0.25, 0.3) is 0 Å². The van der Waals surface area contributed by atoms with E-state index in [1.807, 2.05) is 18.2 Å². The van der Waals surface area contributed by atoms with Crippen molar-refractivity contribution >= 4 is 5.97 Å². The molecule has 1 aromatic carbocycles. The number of hydrogen-bond acceptors (Lipinski definition) is 5. The third-order valence-corrected chi connectivity index (χ3v) is 2.59. The number of hydrogen-bond donors (Lipinski definition) is 1. The minimum absolute atomic E-state index is 0.209. The summed E-state index contributed by atoms with van der Waals surface area (Å²) in [6.45, 7) is 2.02. The maximum absolute atomic E-state index is 11.3. The van der Waals surface area contributed by atoms with Crippen molar-refractivity contribution in [1.29, 1.82) is 0 Å². The SMILES string of the molecule is CNCCC(=O)OCc1ccc2c(c1)OCCO2. The second-order valence-electron chi connectivity index (χ2n) is 3.99. The molecule has 0 unspecified atom stereocenters. The van der Waals surface area contributed by atoms with Gasteiger partial charge < -0.3 is 19.5 Å². The minimum atomic E-state index is -0.209. The third kappa shape index (κ3) is 3.37. The van der Waals surface area contributed by atoms with Crippen molar-refractivity contribution < 1.29 is 19.0 Å². The number of esters is 1. The second kappa shape index (κ2) is 6.26. The zero-order chi connectivity index (χ0) is 12.8. The lowest BCUT2D eigenvalue weighted by molar-refractivity contribution is -0.144. The van der Waals surface area contributed by atoms with E-state index in [4.69, 9.17) is 14.2 Å². The van der Waals surface area contributed by atoms with Crippen LogP contribution in [0.5, 0.6) is 11.5 Å². The summed E-state index contributed by atoms with van der Waals surface area (Å²) < 4.78 is 16.0. The monoisotopic (exact) mass is 251 g/mol. The molecule has 0 fully saturated rings. The number of carbonyl (C=O) groups excluding carboxylic acids is 1. The summed E-state index contributed by atoms with van der Waals surface area (Å²) in [5.74, 6) is 1.25. The summed E-state index contributed by atoms with van der Waals surface area (Å²) in [6.07, 6.45) is 0.376. The molecule has 5 nitrogen and oxygen atoms in total. The topological polar surface area (TPSA) is 56.8 Å². The van der Waals surface area contributed by atoms with Crippen LogP contribution >= 0.6 is 0 Å². The number of ether oxygens (including phenoxy) is 3. The van der Waals surface area contributed by atoms with Crippen molar-refractivity contribution in [1.82, 2.24) is 5.32 Å². The maximum Gasteiger partial charge on any atom is 0.307 e. The molecule has 0 atom stereocenters. The van der Waals surface area contributed by atoms with Crippen molar-refractivity contribution in [2.24, 2.45) is 0 Å². The second-order valence-corrected chi connectivity index (χ2v) is 3.99. The van der Waals surface area contributed by atoms with Gasteiger partial charge >= 0.3 is 5.97 Å². The molecule has 18 heavy (non-hydrogen) atoms. The van der Waals surface area contributed by atoms with Gasteiger partial charge in [0.2, 0.25) is 0 Å². The van der Waals surface area contributed by atoms with E-state index in [9.17, 15) is 4.79 Å². The molecule has 0 aromatic heterocycles. The van der Waals surface area contributed by atoms with Gasteiger partial charge in [-0.1, -0.05) is 6.07 Å². The van der Waals surface area contributed by atoms with Gasteiger partial charge in [-0.2, -0.15) is 0 Å². The molecule has 0 radical (unpaired) electrons. The van der Waals surface area contributed by atoms with Crippen LogP contribution in [0.15, 0.2) is 18.2 Å². The molecular weight excluding hydrogens is 234 g/mol. The van der Waals surface area contributed by atoms with Gasteiger partial charge in [-0.25, -0.2) is 0 Å². The maximum atomic E-state index is 11.3. The molecule has 5 heteroatoms. The van der Waals surface area contributed by atoms with Crippen LogP contribution in [-0.2, 0) is 16.1 Å². The molecule has 1 aromatic rings. The van der Waals surface area contributed by atoms with Gasteiger partial charge in [0.15, 0.2) is 11.5 Å². The molecule has 0 saturated heterocycles. The quantitative estimate of drug-likeness (QED) is 0.794. The standard InChI is InChI=1S/C13H17NO4/c1-14-5-4-13(15)18-9-10-2-3-11-12(8-10)17-7-6-16-11/h2-3,8,14H,4-7,9H2,1H3. The molecule has 1 heterocycles. The lowest BCUT2D eigenvalue weighted by Crippen LogP contribution is -2.16. The molecule has 1 N–H and O–H groups in total. The Morgan fingerprint density at radius 1 is 1.33 bits per heavy atom. The van der Waals surface area contributed by atoms with E-state index < -0.39 is 0 Å². The Bertz CT molecular complexity index is 419. The molecule has 1 aliphatic heterocycles. The predicted molar refractivity (Wildman–Crippen MR) is 65.8 cm³/mol. The van der Waals surface area contributed by atoms with Crippen molar-refractivity contribution in [3.8, 4) is 11.5 Å². The van der Waals surface area contributed by atoms with Crippen LogP contribution in [0.25, 0.3) is 0 Å². The Balaban J connectivity index is 1.88. The fourth-order valence-electron chi connectivity index (χ4n) is 1.64. The molecule has 0 saturated carbocycles. The number of fused-ring (bicyclic) bond motifs is 1. The highest BCUT2D eigenvalue weighted by Gasteiger charge is 2.12. The lowest BCUT2D eigenvalue weighted by atomic mass is 10.2. The zero-order valence-electron chi connectivity index (χ0n) is 10.4. The number of rotatable bonds is 5. The third-order valence-electron chi connectivity index (χ3n) is 2.59. The van der Waals surface area contributed by atoms with Gasteiger partial charge in [-0.05, 0) is 24.7 Å². The highest BCUT2D eigenvalue weighted by molar-refractivity contribution is 5.69. The molecule has 0 amide bonds. The van der Waals surface area contributed by atoms with Crippen LogP contribution in [-0.4, -0.2) is 32.8 Å². The first-order valence-corrected chi connectivity index (χ1v) is 5.98. The van der Waals surface area contributed by atoms with Gasteiger partial charge in [0, 0.05) is 6.54 Å². The fourth-order valence-corrected chi connectivity index (χ4v) is 1.64. The Morgan fingerprint density at radius 2 is 2.11 bits per heavy atom. The number of benzene rings is 1. The highest BCUT2D eigenvalue weighted by Crippen LogP contribution is 2.30. The van der Waals surface area contributed by atoms with Crippen LogP contribution in [0, 0.1) is 0 Å². The lowest BCUT2D eigenvalue weighted by Gasteiger charge is -2.18. The molecular formula is C13H17NO4. The average molecular weight is 251 g/mol. The first-order chi connectivity index (χ1) is 8.79. The fraction of sp³-hybridized carbons (Fsp3) is 0.462. The summed E-state index contributed by atoms with van der Waals surface area (Å²) in [7, 11) is 1.80. The van der Waals surface area contributed by atoms with E-state index in [2.05, 4.69) is 5.32 Å². The van der Waals surface area contributed by atoms with Crippen molar-refractivity contribution in [3.63, 3.8) is 0 Å². The average Bonchev–Trinajstić information content (AvgIpc) is 2.42. The minimum Gasteiger partial charge on any atom is -0.486 e. The van der Waals surface area contributed by atoms with E-state index in [1.54, 1.807) is 7.05 Å². The normalized spacial score (nSPS) is 13.2. The van der Waals surface area contributed by atoms with Crippen molar-refractivity contribution in [2.45, 2.75) is 13.0 Å². The van der Waals surface area contributed by atoms with Gasteiger partial charge in [-0.3, -0.25) is 4.79 Å². The summed E-state index contributed by atoms with van der Waals surface area (Å²) in [5.41, 5.74) is 0.900. The first kappa shape index (κ1) is 12.7. The van der Waals surface area contributed by atoms with Crippen molar-refractivity contribution in [2.75, 3.05) is 26.8 Å². The van der Waals surface area contributed by atoms with E-state index in [0.29, 0.717) is 31.9 Å². The van der Waals surface area contributed by atoms with E-state index >= 15 is 0 Å². The van der Waals surface area contributed by atoms with Crippen LogP contribution in [0.4, 0.5) is 0 Å². The van der Waals surface area contributed by atoms with Crippen molar-refractivity contribution in [3.05, 3.63) is 23.8 Å². The summed E-state index contributed by atoms with van der Waals surface area (Å²) in [5, 5.41) is 2.90. The molecule has 2 rings (SSSR count). The van der Waals surface area contributed by atoms with E-state index in [-0.39, 0.29) is 12.6 Å². The smallest absolute Gasteiger partial charge is 0.307 e. The first-order valence-electron chi connectivity index (χ1n) is 5.98. The zero-order valence-corrected chi connectivity index (χ0v) is 10.4. The molecule has 0 bridgehead atoms. The van der Waals surface area contributed by atoms with Crippen LogP contribution in [0.3, 0.4) is 0 Å². The molecule has 1 aliphatic rings. The van der Waals surface area contributed by atoms with E-state index in [1.165, 1.54) is 0 Å². The largest absolute Gasteiger partial charge is 0.486 e. The van der Waals surface area contributed by atoms with Crippen LogP contribution in [0.1, 0.15) is 12.0 Å². The van der Waals surface area contributed by atoms with Crippen LogP contribution < -0.4 is 14.8 Å². The number of carbonyl (C=O) groups is 1. The predicted octanol–water partition coefficient (Wildman–Crippen LogP) is 1.11. The molecule has 0 spiro atoms. The van der Waals surface area contributed by atoms with Gasteiger partial charge in [-0.15, -0.1) is 0 Å². The van der Waals surface area contributed by atoms with Gasteiger partial charge in [0.1, 0.15) is 19.8 Å². The molecule has 0 aliphatic carbocycles.